The molecule has 0 radical (unpaired) electrons. The van der Waals surface area contributed by atoms with E-state index < -0.39 is 0 Å². The van der Waals surface area contributed by atoms with Gasteiger partial charge in [0.25, 0.3) is 0 Å². The van der Waals surface area contributed by atoms with Crippen LogP contribution in [0.3, 0.4) is 0 Å². The van der Waals surface area contributed by atoms with Crippen LogP contribution in [0.4, 0.5) is 0 Å². The summed E-state index contributed by atoms with van der Waals surface area (Å²) in [5, 5.41) is 0. The number of rotatable bonds is 6. The van der Waals surface area contributed by atoms with Crippen LogP contribution in [0.15, 0.2) is 22.2 Å². The van der Waals surface area contributed by atoms with E-state index >= 15 is 0 Å². The summed E-state index contributed by atoms with van der Waals surface area (Å²) in [7, 11) is 0. The Bertz CT molecular complexity index is 496. The summed E-state index contributed by atoms with van der Waals surface area (Å²) in [4.78, 5) is 13.0. The second-order valence-corrected chi connectivity index (χ2v) is 9.13. The highest BCUT2D eigenvalue weighted by Gasteiger charge is 2.44. The van der Waals surface area contributed by atoms with E-state index in [0.717, 1.165) is 60.5 Å². The molecule has 0 bridgehead atoms. The van der Waals surface area contributed by atoms with E-state index in [-0.39, 0.29) is 5.78 Å². The van der Waals surface area contributed by atoms with Gasteiger partial charge in [0.15, 0.2) is 5.78 Å². The first-order valence-corrected chi connectivity index (χ1v) is 10.7. The van der Waals surface area contributed by atoms with Gasteiger partial charge < -0.3 is 0 Å². The van der Waals surface area contributed by atoms with Crippen molar-refractivity contribution < 1.29 is 4.79 Å². The van der Waals surface area contributed by atoms with Gasteiger partial charge in [0.1, 0.15) is 0 Å². The zero-order valence-corrected chi connectivity index (χ0v) is 15.9. The first-order chi connectivity index (χ1) is 11.7. The zero-order valence-electron chi connectivity index (χ0n) is 14.4. The lowest BCUT2D eigenvalue weighted by atomic mass is 9.58. The number of Topliss-reactive ketones (excluding diaryl/α,β-unsaturated/α-hetero) is 1. The summed E-state index contributed by atoms with van der Waals surface area (Å²) in [6.07, 6.45) is 13.0. The van der Waals surface area contributed by atoms with Gasteiger partial charge in [-0.25, -0.2) is 0 Å². The maximum absolute atomic E-state index is 13.0. The van der Waals surface area contributed by atoms with E-state index in [0.29, 0.717) is 11.8 Å². The first-order valence-electron chi connectivity index (χ1n) is 9.86. The van der Waals surface area contributed by atoms with Crippen LogP contribution in [0.1, 0.15) is 64.2 Å². The van der Waals surface area contributed by atoms with Crippen LogP contribution in [-0.2, 0) is 4.79 Å². The standard InChI is InChI=1S/C21H28Cl2O/c22-11-19(17-7-15(8-17)13-3-1-4-13)21(24)20(12-23)18-9-16(10-18)14-5-2-6-14/h11-18H,1-10H2. The molecule has 0 amide bonds. The Morgan fingerprint density at radius 1 is 0.667 bits per heavy atom. The van der Waals surface area contributed by atoms with Gasteiger partial charge >= 0.3 is 0 Å². The number of carbonyl (C=O) groups is 1. The van der Waals surface area contributed by atoms with Crippen LogP contribution in [0.2, 0.25) is 0 Å². The van der Waals surface area contributed by atoms with Crippen molar-refractivity contribution in [2.75, 3.05) is 0 Å². The number of allylic oxidation sites excluding steroid dienone is 2. The fourth-order valence-electron chi connectivity index (χ4n) is 5.24. The SMILES string of the molecule is O=C(C(=CCl)C1CC(C2CCC2)C1)C(=CCl)C1CC(C2CCC2)C1. The summed E-state index contributed by atoms with van der Waals surface area (Å²) < 4.78 is 0. The minimum atomic E-state index is 0.133. The second-order valence-electron chi connectivity index (χ2n) is 8.70. The Hall–Kier alpha value is -0.270. The molecule has 4 aliphatic rings. The third kappa shape index (κ3) is 3.01. The van der Waals surface area contributed by atoms with Crippen molar-refractivity contribution in [2.24, 2.45) is 35.5 Å². The third-order valence-electron chi connectivity index (χ3n) is 7.62. The van der Waals surface area contributed by atoms with Crippen molar-refractivity contribution >= 4 is 29.0 Å². The number of carbonyl (C=O) groups excluding carboxylic acids is 1. The largest absolute Gasteiger partial charge is 0.289 e. The third-order valence-corrected chi connectivity index (χ3v) is 8.09. The van der Waals surface area contributed by atoms with Crippen molar-refractivity contribution in [2.45, 2.75) is 64.2 Å². The van der Waals surface area contributed by atoms with Crippen molar-refractivity contribution in [3.63, 3.8) is 0 Å². The fraction of sp³-hybridized carbons (Fsp3) is 0.762. The predicted octanol–water partition coefficient (Wildman–Crippen LogP) is 6.45. The number of halogens is 2. The van der Waals surface area contributed by atoms with E-state index in [1.807, 2.05) is 0 Å². The van der Waals surface area contributed by atoms with Gasteiger partial charge in [-0.2, -0.15) is 0 Å². The predicted molar refractivity (Wildman–Crippen MR) is 100.0 cm³/mol. The number of hydrogen-bond donors (Lipinski definition) is 0. The van der Waals surface area contributed by atoms with Gasteiger partial charge in [-0.15, -0.1) is 0 Å². The van der Waals surface area contributed by atoms with Gasteiger partial charge in [0.2, 0.25) is 0 Å². The second kappa shape index (κ2) is 7.16. The Balaban J connectivity index is 1.32. The molecule has 0 atom stereocenters. The molecule has 132 valence electrons. The van der Waals surface area contributed by atoms with Crippen LogP contribution in [0, 0.1) is 35.5 Å². The van der Waals surface area contributed by atoms with Crippen LogP contribution >= 0.6 is 23.2 Å². The van der Waals surface area contributed by atoms with E-state index in [2.05, 4.69) is 0 Å². The van der Waals surface area contributed by atoms with Crippen LogP contribution in [-0.4, -0.2) is 5.78 Å². The maximum Gasteiger partial charge on any atom is 0.187 e. The topological polar surface area (TPSA) is 17.1 Å². The average molecular weight is 367 g/mol. The highest BCUT2D eigenvalue weighted by Crippen LogP contribution is 2.52. The zero-order chi connectivity index (χ0) is 16.7. The number of ketones is 1. The molecule has 0 aliphatic heterocycles. The first kappa shape index (κ1) is 17.2. The van der Waals surface area contributed by atoms with Gasteiger partial charge in [0.05, 0.1) is 0 Å². The molecular formula is C21H28Cl2O. The monoisotopic (exact) mass is 366 g/mol. The smallest absolute Gasteiger partial charge is 0.187 e. The van der Waals surface area contributed by atoms with E-state index in [1.165, 1.54) is 38.5 Å². The maximum atomic E-state index is 13.0. The average Bonchev–Trinajstić information content (AvgIpc) is 2.38. The lowest BCUT2D eigenvalue weighted by molar-refractivity contribution is -0.114. The lowest BCUT2D eigenvalue weighted by Crippen LogP contribution is -2.38. The molecule has 1 nitrogen and oxygen atoms in total. The van der Waals surface area contributed by atoms with Crippen LogP contribution in [0.25, 0.3) is 0 Å². The Kier molecular flexibility index (Phi) is 5.12. The van der Waals surface area contributed by atoms with Gasteiger partial charge in [-0.1, -0.05) is 61.7 Å². The lowest BCUT2D eigenvalue weighted by Gasteiger charge is -2.46. The summed E-state index contributed by atoms with van der Waals surface area (Å²) in [6.45, 7) is 0. The molecule has 4 aliphatic carbocycles. The van der Waals surface area contributed by atoms with Crippen molar-refractivity contribution in [3.8, 4) is 0 Å². The Morgan fingerprint density at radius 3 is 1.29 bits per heavy atom. The quantitative estimate of drug-likeness (QED) is 0.493. The van der Waals surface area contributed by atoms with Crippen molar-refractivity contribution in [1.82, 2.24) is 0 Å². The van der Waals surface area contributed by atoms with Crippen LogP contribution in [0.5, 0.6) is 0 Å². The molecule has 0 aromatic rings. The summed E-state index contributed by atoms with van der Waals surface area (Å²) in [6, 6.07) is 0. The summed E-state index contributed by atoms with van der Waals surface area (Å²) in [5.41, 5.74) is 4.75. The molecule has 0 N–H and O–H groups in total. The summed E-state index contributed by atoms with van der Waals surface area (Å²) >= 11 is 12.1. The molecule has 4 rings (SSSR count). The van der Waals surface area contributed by atoms with Crippen molar-refractivity contribution in [3.05, 3.63) is 22.2 Å². The summed E-state index contributed by atoms with van der Waals surface area (Å²) in [5.74, 6) is 4.38. The van der Waals surface area contributed by atoms with Crippen molar-refractivity contribution in [1.29, 1.82) is 0 Å². The van der Waals surface area contributed by atoms with Crippen LogP contribution < -0.4 is 0 Å². The molecule has 0 unspecified atom stereocenters. The molecule has 0 spiro atoms. The fourth-order valence-corrected chi connectivity index (χ4v) is 5.79. The number of hydrogen-bond acceptors (Lipinski definition) is 1. The van der Waals surface area contributed by atoms with Gasteiger partial charge in [-0.3, -0.25) is 4.79 Å². The minimum Gasteiger partial charge on any atom is -0.289 e. The molecule has 0 heterocycles. The molecule has 0 saturated heterocycles. The molecular weight excluding hydrogens is 339 g/mol. The normalized spacial score (nSPS) is 37.9. The molecule has 0 aromatic heterocycles. The van der Waals surface area contributed by atoms with E-state index in [4.69, 9.17) is 23.2 Å². The van der Waals surface area contributed by atoms with E-state index in [1.54, 1.807) is 11.1 Å². The molecule has 3 heteroatoms. The molecule has 4 saturated carbocycles. The molecule has 24 heavy (non-hydrogen) atoms. The van der Waals surface area contributed by atoms with Gasteiger partial charge in [-0.05, 0) is 61.2 Å². The molecule has 0 aromatic carbocycles. The molecule has 4 fully saturated rings. The Labute approximate surface area is 155 Å². The highest BCUT2D eigenvalue weighted by atomic mass is 35.5. The Morgan fingerprint density at radius 2 is 1.04 bits per heavy atom. The van der Waals surface area contributed by atoms with E-state index in [9.17, 15) is 4.79 Å². The highest BCUT2D eigenvalue weighted by molar-refractivity contribution is 6.31. The van der Waals surface area contributed by atoms with Gasteiger partial charge in [0, 0.05) is 22.2 Å². The minimum absolute atomic E-state index is 0.133.